The summed E-state index contributed by atoms with van der Waals surface area (Å²) in [7, 11) is 8.71. The molecule has 1 fully saturated rings. The van der Waals surface area contributed by atoms with Gasteiger partial charge in [0.2, 0.25) is 17.8 Å². The molecule has 2 aliphatic carbocycles. The van der Waals surface area contributed by atoms with Gasteiger partial charge in [0, 0.05) is 50.8 Å². The second-order valence-corrected chi connectivity index (χ2v) is 10.6. The summed E-state index contributed by atoms with van der Waals surface area (Å²) in [5, 5.41) is 9.25. The molecule has 0 saturated heterocycles. The van der Waals surface area contributed by atoms with Gasteiger partial charge in [-0.25, -0.2) is 9.37 Å². The van der Waals surface area contributed by atoms with E-state index in [9.17, 15) is 14.0 Å². The van der Waals surface area contributed by atoms with Crippen LogP contribution in [0.2, 0.25) is 0 Å². The molecular weight excluding hydrogens is 525 g/mol. The number of anilines is 2. The number of rotatable bonds is 10. The number of halogens is 1. The molecule has 41 heavy (non-hydrogen) atoms. The van der Waals surface area contributed by atoms with Gasteiger partial charge in [-0.3, -0.25) is 9.59 Å². The van der Waals surface area contributed by atoms with Gasteiger partial charge in [0.15, 0.2) is 5.83 Å². The molecular formula is C30H42FN7O3. The van der Waals surface area contributed by atoms with Crippen LogP contribution < -0.4 is 16.0 Å². The van der Waals surface area contributed by atoms with E-state index in [1.54, 1.807) is 33.3 Å². The predicted octanol–water partition coefficient (Wildman–Crippen LogP) is 3.43. The summed E-state index contributed by atoms with van der Waals surface area (Å²) in [6.07, 6.45) is 10.9. The molecule has 2 aliphatic rings. The number of nitrogens with one attached hydrogen (secondary N) is 3. The molecule has 0 bridgehead atoms. The van der Waals surface area contributed by atoms with E-state index in [1.807, 2.05) is 19.0 Å². The highest BCUT2D eigenvalue weighted by molar-refractivity contribution is 5.92. The molecule has 0 spiro atoms. The monoisotopic (exact) mass is 567 g/mol. The SMILES string of the molecule is CNc1nc(NC2=CC(F)=C(OC)CC2)ncc1C#C[C@@H]1CCC[C@H](NC(=O)[C@H](C)N(C)C(=O)/C=C/CN(C)C)C1. The number of hydrogen-bond donors (Lipinski definition) is 3. The number of carbonyl (C=O) groups excluding carboxylic acids is 2. The summed E-state index contributed by atoms with van der Waals surface area (Å²) in [6.45, 7) is 2.39. The summed E-state index contributed by atoms with van der Waals surface area (Å²) >= 11 is 0. The Morgan fingerprint density at radius 3 is 2.73 bits per heavy atom. The number of amides is 2. The van der Waals surface area contributed by atoms with Gasteiger partial charge >= 0.3 is 0 Å². The first kappa shape index (κ1) is 31.6. The van der Waals surface area contributed by atoms with E-state index in [4.69, 9.17) is 4.74 Å². The highest BCUT2D eigenvalue weighted by Crippen LogP contribution is 2.27. The molecule has 10 nitrogen and oxygen atoms in total. The number of likely N-dealkylation sites (N-methyl/N-ethyl adjacent to an activating group) is 2. The van der Waals surface area contributed by atoms with Crippen molar-refractivity contribution < 1.29 is 18.7 Å². The summed E-state index contributed by atoms with van der Waals surface area (Å²) < 4.78 is 19.1. The van der Waals surface area contributed by atoms with Gasteiger partial charge in [-0.1, -0.05) is 24.3 Å². The van der Waals surface area contributed by atoms with E-state index in [-0.39, 0.29) is 23.8 Å². The van der Waals surface area contributed by atoms with E-state index in [2.05, 4.69) is 37.8 Å². The molecule has 11 heteroatoms. The topological polar surface area (TPSA) is 112 Å². The molecule has 1 saturated carbocycles. The quantitative estimate of drug-likeness (QED) is 0.291. The molecule has 1 aromatic heterocycles. The number of hydrogen-bond acceptors (Lipinski definition) is 8. The number of carbonyl (C=O) groups is 2. The fourth-order valence-corrected chi connectivity index (χ4v) is 4.64. The second kappa shape index (κ2) is 15.2. The summed E-state index contributed by atoms with van der Waals surface area (Å²) in [4.78, 5) is 37.6. The molecule has 3 rings (SSSR count). The van der Waals surface area contributed by atoms with Crippen LogP contribution >= 0.6 is 0 Å². The molecule has 0 aliphatic heterocycles. The van der Waals surface area contributed by atoms with Crippen molar-refractivity contribution in [2.24, 2.45) is 5.92 Å². The molecule has 0 unspecified atom stereocenters. The Morgan fingerprint density at radius 1 is 1.27 bits per heavy atom. The van der Waals surface area contributed by atoms with E-state index in [0.29, 0.717) is 48.2 Å². The highest BCUT2D eigenvalue weighted by Gasteiger charge is 2.27. The molecule has 0 radical (unpaired) electrons. The van der Waals surface area contributed by atoms with Gasteiger partial charge in [0.25, 0.3) is 0 Å². The van der Waals surface area contributed by atoms with Crippen LogP contribution in [-0.2, 0) is 14.3 Å². The zero-order valence-electron chi connectivity index (χ0n) is 24.9. The molecule has 3 atom stereocenters. The summed E-state index contributed by atoms with van der Waals surface area (Å²) in [5.74, 6) is 7.13. The van der Waals surface area contributed by atoms with Gasteiger partial charge in [-0.15, -0.1) is 0 Å². The number of aromatic nitrogens is 2. The molecule has 3 N–H and O–H groups in total. The zero-order valence-corrected chi connectivity index (χ0v) is 24.9. The van der Waals surface area contributed by atoms with Crippen LogP contribution in [0.5, 0.6) is 0 Å². The number of ether oxygens (including phenoxy) is 1. The van der Waals surface area contributed by atoms with E-state index < -0.39 is 11.9 Å². The van der Waals surface area contributed by atoms with E-state index in [0.717, 1.165) is 25.7 Å². The van der Waals surface area contributed by atoms with E-state index >= 15 is 0 Å². The third-order valence-electron chi connectivity index (χ3n) is 7.20. The van der Waals surface area contributed by atoms with Crippen molar-refractivity contribution in [3.63, 3.8) is 0 Å². The minimum atomic E-state index is -0.584. The molecule has 1 heterocycles. The first-order chi connectivity index (χ1) is 19.6. The zero-order chi connectivity index (χ0) is 29.9. The van der Waals surface area contributed by atoms with Crippen molar-refractivity contribution in [3.8, 4) is 11.8 Å². The van der Waals surface area contributed by atoms with Gasteiger partial charge in [0.05, 0.1) is 18.9 Å². The lowest BCUT2D eigenvalue weighted by atomic mass is 9.86. The van der Waals surface area contributed by atoms with Crippen molar-refractivity contribution in [2.75, 3.05) is 52.5 Å². The van der Waals surface area contributed by atoms with Crippen LogP contribution in [0.3, 0.4) is 0 Å². The molecule has 2 amide bonds. The van der Waals surface area contributed by atoms with Crippen molar-refractivity contribution in [1.29, 1.82) is 0 Å². The molecule has 222 valence electrons. The average Bonchev–Trinajstić information content (AvgIpc) is 2.95. The standard InChI is InChI=1S/C30H42FN7O3/c1-20(38(5)27(39)11-8-16-37(3)4)29(40)34-23-10-7-9-21(17-23)12-13-22-19-33-30(36-28(22)32-2)35-24-14-15-26(41-6)25(31)18-24/h8,11,18-21,23H,7,9-10,14-17H2,1-6H3,(H,34,40)(H2,32,33,35,36)/b11-8+/t20-,21-,23-/m0/s1. The lowest BCUT2D eigenvalue weighted by Crippen LogP contribution is -2.49. The van der Waals surface area contributed by atoms with Crippen LogP contribution in [0.1, 0.15) is 51.0 Å². The lowest BCUT2D eigenvalue weighted by molar-refractivity contribution is -0.135. The Bertz CT molecular complexity index is 1250. The first-order valence-electron chi connectivity index (χ1n) is 14.0. The third-order valence-corrected chi connectivity index (χ3v) is 7.20. The smallest absolute Gasteiger partial charge is 0.246 e. The second-order valence-electron chi connectivity index (χ2n) is 10.6. The first-order valence-corrected chi connectivity index (χ1v) is 14.0. The fraction of sp³-hybridized carbons (Fsp3) is 0.533. The maximum atomic E-state index is 14.1. The normalized spacial score (nSPS) is 19.7. The summed E-state index contributed by atoms with van der Waals surface area (Å²) in [5.41, 5.74) is 1.33. The van der Waals surface area contributed by atoms with Crippen molar-refractivity contribution in [3.05, 3.63) is 47.3 Å². The van der Waals surface area contributed by atoms with Gasteiger partial charge in [-0.2, -0.15) is 4.98 Å². The van der Waals surface area contributed by atoms with Gasteiger partial charge in [-0.05, 0) is 52.8 Å². The predicted molar refractivity (Wildman–Crippen MR) is 158 cm³/mol. The van der Waals surface area contributed by atoms with E-state index in [1.165, 1.54) is 24.2 Å². The maximum Gasteiger partial charge on any atom is 0.246 e. The minimum absolute atomic E-state index is 0.00535. The number of nitrogens with zero attached hydrogens (tertiary/aromatic N) is 4. The van der Waals surface area contributed by atoms with Crippen LogP contribution in [0, 0.1) is 17.8 Å². The van der Waals surface area contributed by atoms with Gasteiger partial charge < -0.3 is 30.5 Å². The van der Waals surface area contributed by atoms with Crippen molar-refractivity contribution in [1.82, 2.24) is 25.1 Å². The highest BCUT2D eigenvalue weighted by atomic mass is 19.1. The Labute approximate surface area is 242 Å². The van der Waals surface area contributed by atoms with Crippen LogP contribution in [-0.4, -0.2) is 85.5 Å². The van der Waals surface area contributed by atoms with Crippen LogP contribution in [0.25, 0.3) is 0 Å². The fourth-order valence-electron chi connectivity index (χ4n) is 4.64. The van der Waals surface area contributed by atoms with Crippen LogP contribution in [0.4, 0.5) is 16.2 Å². The summed E-state index contributed by atoms with van der Waals surface area (Å²) in [6, 6.07) is -0.589. The Hall–Kier alpha value is -3.91. The lowest BCUT2D eigenvalue weighted by Gasteiger charge is -2.30. The molecule has 1 aromatic rings. The largest absolute Gasteiger partial charge is 0.498 e. The Kier molecular flexibility index (Phi) is 11.7. The molecule has 0 aromatic carbocycles. The number of methoxy groups -OCH3 is 1. The van der Waals surface area contributed by atoms with Crippen LogP contribution in [0.15, 0.2) is 41.7 Å². The van der Waals surface area contributed by atoms with Crippen molar-refractivity contribution in [2.45, 2.75) is 57.5 Å². The van der Waals surface area contributed by atoms with Crippen molar-refractivity contribution >= 4 is 23.6 Å². The Morgan fingerprint density at radius 2 is 2.05 bits per heavy atom. The third kappa shape index (κ3) is 9.32. The maximum absolute atomic E-state index is 14.1. The minimum Gasteiger partial charge on any atom is -0.498 e. The average molecular weight is 568 g/mol. The number of allylic oxidation sites excluding steroid dienone is 4. The Balaban J connectivity index is 1.58. The van der Waals surface area contributed by atoms with Gasteiger partial charge in [0.1, 0.15) is 17.6 Å².